The van der Waals surface area contributed by atoms with Gasteiger partial charge in [0.1, 0.15) is 18.2 Å². The summed E-state index contributed by atoms with van der Waals surface area (Å²) >= 11 is 0. The first-order valence-electron chi connectivity index (χ1n) is 7.71. The van der Waals surface area contributed by atoms with Crippen LogP contribution >= 0.6 is 0 Å². The highest BCUT2D eigenvalue weighted by atomic mass is 19.1. The number of terminal acetylenes is 1. The summed E-state index contributed by atoms with van der Waals surface area (Å²) in [6, 6.07) is 20.3. The molecule has 0 atom stereocenters. The molecule has 3 aromatic carbocycles. The zero-order valence-electron chi connectivity index (χ0n) is 13.4. The maximum atomic E-state index is 14.3. The molecule has 1 nitrogen and oxygen atoms in total. The van der Waals surface area contributed by atoms with E-state index < -0.39 is 0 Å². The number of hydrogen-bond donors (Lipinski definition) is 0. The van der Waals surface area contributed by atoms with E-state index in [1.807, 2.05) is 49.4 Å². The molecule has 0 aliphatic heterocycles. The highest BCUT2D eigenvalue weighted by molar-refractivity contribution is 5.72. The van der Waals surface area contributed by atoms with Gasteiger partial charge in [-0.15, -0.1) is 6.42 Å². The molecule has 0 aliphatic rings. The van der Waals surface area contributed by atoms with E-state index in [0.717, 1.165) is 11.1 Å². The quantitative estimate of drug-likeness (QED) is 0.589. The monoisotopic (exact) mass is 316 g/mol. The van der Waals surface area contributed by atoms with Crippen molar-refractivity contribution in [2.45, 2.75) is 13.5 Å². The number of aryl methyl sites for hydroxylation is 1. The lowest BCUT2D eigenvalue weighted by atomic mass is 10.0. The summed E-state index contributed by atoms with van der Waals surface area (Å²) in [6.07, 6.45) is 5.49. The molecule has 0 N–H and O–H groups in total. The van der Waals surface area contributed by atoms with Crippen molar-refractivity contribution in [3.8, 4) is 29.2 Å². The van der Waals surface area contributed by atoms with Gasteiger partial charge >= 0.3 is 0 Å². The van der Waals surface area contributed by atoms with E-state index in [9.17, 15) is 4.39 Å². The molecular formula is C22H17FO. The van der Waals surface area contributed by atoms with Crippen LogP contribution in [0.5, 0.6) is 5.75 Å². The molecule has 0 spiro atoms. The summed E-state index contributed by atoms with van der Waals surface area (Å²) in [7, 11) is 0. The van der Waals surface area contributed by atoms with E-state index in [0.29, 0.717) is 29.0 Å². The predicted octanol–water partition coefficient (Wildman–Crippen LogP) is 5.36. The third kappa shape index (κ3) is 3.47. The van der Waals surface area contributed by atoms with Crippen molar-refractivity contribution >= 4 is 0 Å². The molecule has 24 heavy (non-hydrogen) atoms. The van der Waals surface area contributed by atoms with E-state index in [1.165, 1.54) is 6.07 Å². The van der Waals surface area contributed by atoms with Crippen molar-refractivity contribution in [2.24, 2.45) is 0 Å². The Balaban J connectivity index is 2.00. The molecular weight excluding hydrogens is 299 g/mol. The fourth-order valence-electron chi connectivity index (χ4n) is 2.53. The zero-order valence-corrected chi connectivity index (χ0v) is 13.4. The minimum Gasteiger partial charge on any atom is -0.488 e. The SMILES string of the molecule is C#Cc1ccc(-c2cc(C)ccc2F)c(OCc2ccccc2)c1. The fourth-order valence-corrected chi connectivity index (χ4v) is 2.53. The Bertz CT molecular complexity index is 892. The van der Waals surface area contributed by atoms with Crippen LogP contribution in [-0.4, -0.2) is 0 Å². The average molecular weight is 316 g/mol. The summed E-state index contributed by atoms with van der Waals surface area (Å²) < 4.78 is 20.2. The number of ether oxygens (including phenoxy) is 1. The molecule has 0 amide bonds. The van der Waals surface area contributed by atoms with Crippen molar-refractivity contribution in [1.29, 1.82) is 0 Å². The molecule has 0 aliphatic carbocycles. The van der Waals surface area contributed by atoms with Crippen LogP contribution < -0.4 is 4.74 Å². The molecule has 0 heterocycles. The largest absolute Gasteiger partial charge is 0.488 e. The van der Waals surface area contributed by atoms with Crippen molar-refractivity contribution < 1.29 is 9.13 Å². The average Bonchev–Trinajstić information content (AvgIpc) is 2.62. The molecule has 0 saturated heterocycles. The van der Waals surface area contributed by atoms with Gasteiger partial charge in [-0.05, 0) is 42.8 Å². The normalized spacial score (nSPS) is 10.2. The second kappa shape index (κ2) is 7.02. The van der Waals surface area contributed by atoms with Crippen LogP contribution in [0.4, 0.5) is 4.39 Å². The number of benzene rings is 3. The fraction of sp³-hybridized carbons (Fsp3) is 0.0909. The molecule has 118 valence electrons. The summed E-state index contributed by atoms with van der Waals surface area (Å²) in [4.78, 5) is 0. The molecule has 0 fully saturated rings. The highest BCUT2D eigenvalue weighted by Gasteiger charge is 2.12. The third-order valence-electron chi connectivity index (χ3n) is 3.80. The van der Waals surface area contributed by atoms with Gasteiger partial charge in [-0.1, -0.05) is 47.9 Å². The molecule has 0 radical (unpaired) electrons. The molecule has 2 heteroatoms. The Morgan fingerprint density at radius 1 is 0.958 bits per heavy atom. The molecule has 3 aromatic rings. The maximum absolute atomic E-state index is 14.3. The molecule has 0 saturated carbocycles. The first-order valence-corrected chi connectivity index (χ1v) is 7.71. The van der Waals surface area contributed by atoms with Crippen LogP contribution in [0, 0.1) is 25.1 Å². The van der Waals surface area contributed by atoms with Crippen LogP contribution in [0.15, 0.2) is 66.7 Å². The summed E-state index contributed by atoms with van der Waals surface area (Å²) in [5, 5.41) is 0. The standard InChI is InChI=1S/C22H17FO/c1-3-17-10-11-19(20-13-16(2)9-12-21(20)23)22(14-17)24-15-18-7-5-4-6-8-18/h1,4-14H,15H2,2H3. The summed E-state index contributed by atoms with van der Waals surface area (Å²) in [5.74, 6) is 2.90. The molecule has 3 rings (SSSR count). The number of halogens is 1. The minimum atomic E-state index is -0.279. The maximum Gasteiger partial charge on any atom is 0.131 e. The first kappa shape index (κ1) is 15.8. The van der Waals surface area contributed by atoms with Crippen LogP contribution in [0.2, 0.25) is 0 Å². The third-order valence-corrected chi connectivity index (χ3v) is 3.80. The molecule has 0 bridgehead atoms. The van der Waals surface area contributed by atoms with E-state index in [-0.39, 0.29) is 5.82 Å². The molecule has 0 aromatic heterocycles. The van der Waals surface area contributed by atoms with Crippen molar-refractivity contribution in [2.75, 3.05) is 0 Å². The first-order chi connectivity index (χ1) is 11.7. The number of hydrogen-bond acceptors (Lipinski definition) is 1. The van der Waals surface area contributed by atoms with Crippen molar-refractivity contribution in [3.63, 3.8) is 0 Å². The highest BCUT2D eigenvalue weighted by Crippen LogP contribution is 2.33. The predicted molar refractivity (Wildman–Crippen MR) is 95.3 cm³/mol. The van der Waals surface area contributed by atoms with Gasteiger partial charge in [0, 0.05) is 16.7 Å². The van der Waals surface area contributed by atoms with Crippen molar-refractivity contribution in [1.82, 2.24) is 0 Å². The Hall–Kier alpha value is -3.05. The second-order valence-electron chi connectivity index (χ2n) is 5.61. The Morgan fingerprint density at radius 2 is 1.75 bits per heavy atom. The van der Waals surface area contributed by atoms with Gasteiger partial charge in [0.15, 0.2) is 0 Å². The Labute approximate surface area is 141 Å². The summed E-state index contributed by atoms with van der Waals surface area (Å²) in [5.41, 5.74) is 3.95. The van der Waals surface area contributed by atoms with Gasteiger partial charge in [-0.25, -0.2) is 4.39 Å². The van der Waals surface area contributed by atoms with Crippen LogP contribution in [-0.2, 0) is 6.61 Å². The lowest BCUT2D eigenvalue weighted by Gasteiger charge is -2.14. The second-order valence-corrected chi connectivity index (χ2v) is 5.61. The van der Waals surface area contributed by atoms with E-state index >= 15 is 0 Å². The number of rotatable bonds is 4. The van der Waals surface area contributed by atoms with Crippen LogP contribution in [0.25, 0.3) is 11.1 Å². The minimum absolute atomic E-state index is 0.279. The van der Waals surface area contributed by atoms with E-state index in [2.05, 4.69) is 5.92 Å². The van der Waals surface area contributed by atoms with Gasteiger partial charge < -0.3 is 4.74 Å². The van der Waals surface area contributed by atoms with Crippen LogP contribution in [0.3, 0.4) is 0 Å². The smallest absolute Gasteiger partial charge is 0.131 e. The topological polar surface area (TPSA) is 9.23 Å². The Morgan fingerprint density at radius 3 is 2.50 bits per heavy atom. The van der Waals surface area contributed by atoms with E-state index in [4.69, 9.17) is 11.2 Å². The summed E-state index contributed by atoms with van der Waals surface area (Å²) in [6.45, 7) is 2.33. The molecule has 0 unspecified atom stereocenters. The van der Waals surface area contributed by atoms with Gasteiger partial charge in [0.2, 0.25) is 0 Å². The zero-order chi connectivity index (χ0) is 16.9. The van der Waals surface area contributed by atoms with Gasteiger partial charge in [-0.2, -0.15) is 0 Å². The lowest BCUT2D eigenvalue weighted by Crippen LogP contribution is -1.98. The van der Waals surface area contributed by atoms with Crippen LogP contribution in [0.1, 0.15) is 16.7 Å². The van der Waals surface area contributed by atoms with Crippen molar-refractivity contribution in [3.05, 3.63) is 89.2 Å². The van der Waals surface area contributed by atoms with Gasteiger partial charge in [-0.3, -0.25) is 0 Å². The Kier molecular flexibility index (Phi) is 4.63. The lowest BCUT2D eigenvalue weighted by molar-refractivity contribution is 0.307. The van der Waals surface area contributed by atoms with E-state index in [1.54, 1.807) is 18.2 Å². The van der Waals surface area contributed by atoms with Gasteiger partial charge in [0.25, 0.3) is 0 Å². The van der Waals surface area contributed by atoms with Gasteiger partial charge in [0.05, 0.1) is 0 Å².